The van der Waals surface area contributed by atoms with Gasteiger partial charge in [0.15, 0.2) is 0 Å². The Kier molecular flexibility index (Phi) is 3.05. The van der Waals surface area contributed by atoms with Crippen LogP contribution < -0.4 is 10.5 Å². The molecule has 0 saturated carbocycles. The molecule has 3 nitrogen and oxygen atoms in total. The lowest BCUT2D eigenvalue weighted by Crippen LogP contribution is -1.92. The molecule has 0 aliphatic heterocycles. The van der Waals surface area contributed by atoms with Crippen molar-refractivity contribution in [2.45, 2.75) is 13.3 Å². The van der Waals surface area contributed by atoms with Gasteiger partial charge >= 0.3 is 0 Å². The SMILES string of the molecule is CCc1ccc(Oc2cccc(N)n2)cc1. The highest BCUT2D eigenvalue weighted by molar-refractivity contribution is 5.35. The molecule has 2 rings (SSSR count). The first kappa shape index (κ1) is 10.5. The standard InChI is InChI=1S/C13H14N2O/c1-2-10-6-8-11(9-7-10)16-13-5-3-4-12(14)15-13/h3-9H,2H2,1H3,(H2,14,15). The van der Waals surface area contributed by atoms with Crippen molar-refractivity contribution < 1.29 is 4.74 Å². The van der Waals surface area contributed by atoms with Crippen molar-refractivity contribution in [2.24, 2.45) is 0 Å². The topological polar surface area (TPSA) is 48.1 Å². The number of aromatic nitrogens is 1. The maximum absolute atomic E-state index is 5.57. The highest BCUT2D eigenvalue weighted by Crippen LogP contribution is 2.20. The maximum atomic E-state index is 5.57. The normalized spacial score (nSPS) is 10.1. The van der Waals surface area contributed by atoms with Crippen molar-refractivity contribution >= 4 is 5.82 Å². The predicted molar refractivity (Wildman–Crippen MR) is 64.5 cm³/mol. The molecule has 1 aromatic carbocycles. The van der Waals surface area contributed by atoms with Crippen LogP contribution in [0.2, 0.25) is 0 Å². The maximum Gasteiger partial charge on any atom is 0.221 e. The monoisotopic (exact) mass is 214 g/mol. The lowest BCUT2D eigenvalue weighted by atomic mass is 10.2. The Balaban J connectivity index is 2.14. The van der Waals surface area contributed by atoms with Crippen LogP contribution in [0.15, 0.2) is 42.5 Å². The van der Waals surface area contributed by atoms with E-state index in [1.54, 1.807) is 12.1 Å². The number of anilines is 1. The summed E-state index contributed by atoms with van der Waals surface area (Å²) in [5.74, 6) is 1.75. The molecular weight excluding hydrogens is 200 g/mol. The number of rotatable bonds is 3. The number of hydrogen-bond acceptors (Lipinski definition) is 3. The van der Waals surface area contributed by atoms with E-state index in [4.69, 9.17) is 10.5 Å². The molecule has 0 unspecified atom stereocenters. The van der Waals surface area contributed by atoms with Crippen LogP contribution in [0.3, 0.4) is 0 Å². The second-order valence-electron chi connectivity index (χ2n) is 3.50. The van der Waals surface area contributed by atoms with Gasteiger partial charge in [-0.05, 0) is 30.2 Å². The molecule has 0 spiro atoms. The van der Waals surface area contributed by atoms with E-state index in [1.807, 2.05) is 30.3 Å². The minimum atomic E-state index is 0.461. The molecule has 0 amide bonds. The van der Waals surface area contributed by atoms with Crippen molar-refractivity contribution in [1.29, 1.82) is 0 Å². The van der Waals surface area contributed by atoms with Crippen molar-refractivity contribution in [2.75, 3.05) is 5.73 Å². The molecule has 0 fully saturated rings. The average molecular weight is 214 g/mol. The number of aryl methyl sites for hydroxylation is 1. The molecular formula is C13H14N2O. The zero-order chi connectivity index (χ0) is 11.4. The molecule has 0 aliphatic rings. The lowest BCUT2D eigenvalue weighted by Gasteiger charge is -2.05. The van der Waals surface area contributed by atoms with E-state index in [2.05, 4.69) is 11.9 Å². The number of nitrogen functional groups attached to an aromatic ring is 1. The Hall–Kier alpha value is -2.03. The highest BCUT2D eigenvalue weighted by atomic mass is 16.5. The highest BCUT2D eigenvalue weighted by Gasteiger charge is 1.98. The summed E-state index contributed by atoms with van der Waals surface area (Å²) in [7, 11) is 0. The van der Waals surface area contributed by atoms with Gasteiger partial charge in [0.1, 0.15) is 11.6 Å². The summed E-state index contributed by atoms with van der Waals surface area (Å²) in [5, 5.41) is 0. The molecule has 1 heterocycles. The molecule has 0 radical (unpaired) electrons. The molecule has 0 aliphatic carbocycles. The molecule has 3 heteroatoms. The number of pyridine rings is 1. The van der Waals surface area contributed by atoms with Crippen LogP contribution >= 0.6 is 0 Å². The summed E-state index contributed by atoms with van der Waals surface area (Å²) >= 11 is 0. The molecule has 0 bridgehead atoms. The average Bonchev–Trinajstić information content (AvgIpc) is 2.30. The van der Waals surface area contributed by atoms with Crippen molar-refractivity contribution in [3.8, 4) is 11.6 Å². The van der Waals surface area contributed by atoms with E-state index < -0.39 is 0 Å². The van der Waals surface area contributed by atoms with Gasteiger partial charge in [0.2, 0.25) is 5.88 Å². The van der Waals surface area contributed by atoms with Crippen molar-refractivity contribution in [3.63, 3.8) is 0 Å². The summed E-state index contributed by atoms with van der Waals surface area (Å²) < 4.78 is 5.57. The molecule has 0 saturated heterocycles. The summed E-state index contributed by atoms with van der Waals surface area (Å²) in [5.41, 5.74) is 6.85. The zero-order valence-electron chi connectivity index (χ0n) is 9.18. The van der Waals surface area contributed by atoms with Crippen LogP contribution in [0.1, 0.15) is 12.5 Å². The quantitative estimate of drug-likeness (QED) is 0.854. The van der Waals surface area contributed by atoms with Gasteiger partial charge in [0, 0.05) is 6.07 Å². The minimum Gasteiger partial charge on any atom is -0.439 e. The Morgan fingerprint density at radius 2 is 1.88 bits per heavy atom. The molecule has 2 aromatic rings. The van der Waals surface area contributed by atoms with E-state index in [-0.39, 0.29) is 0 Å². The summed E-state index contributed by atoms with van der Waals surface area (Å²) in [6, 6.07) is 13.3. The minimum absolute atomic E-state index is 0.461. The van der Waals surface area contributed by atoms with Crippen LogP contribution in [0.25, 0.3) is 0 Å². The van der Waals surface area contributed by atoms with Gasteiger partial charge in [-0.25, -0.2) is 0 Å². The fraction of sp³-hybridized carbons (Fsp3) is 0.154. The van der Waals surface area contributed by atoms with Gasteiger partial charge in [-0.3, -0.25) is 0 Å². The first-order chi connectivity index (χ1) is 7.78. The smallest absolute Gasteiger partial charge is 0.221 e. The number of nitrogens with zero attached hydrogens (tertiary/aromatic N) is 1. The van der Waals surface area contributed by atoms with E-state index in [0.29, 0.717) is 11.7 Å². The van der Waals surface area contributed by atoms with Crippen molar-refractivity contribution in [3.05, 3.63) is 48.0 Å². The Morgan fingerprint density at radius 1 is 1.12 bits per heavy atom. The molecule has 16 heavy (non-hydrogen) atoms. The van der Waals surface area contributed by atoms with Crippen LogP contribution in [-0.2, 0) is 6.42 Å². The van der Waals surface area contributed by atoms with Gasteiger partial charge in [0.25, 0.3) is 0 Å². The molecule has 2 N–H and O–H groups in total. The van der Waals surface area contributed by atoms with E-state index in [0.717, 1.165) is 12.2 Å². The van der Waals surface area contributed by atoms with Crippen LogP contribution in [0.4, 0.5) is 5.82 Å². The van der Waals surface area contributed by atoms with E-state index in [1.165, 1.54) is 5.56 Å². The first-order valence-electron chi connectivity index (χ1n) is 5.27. The first-order valence-corrected chi connectivity index (χ1v) is 5.27. The third-order valence-corrected chi connectivity index (χ3v) is 2.30. The largest absolute Gasteiger partial charge is 0.439 e. The Morgan fingerprint density at radius 3 is 2.50 bits per heavy atom. The van der Waals surface area contributed by atoms with E-state index >= 15 is 0 Å². The third-order valence-electron chi connectivity index (χ3n) is 2.30. The zero-order valence-corrected chi connectivity index (χ0v) is 9.18. The second-order valence-corrected chi connectivity index (χ2v) is 3.50. The third kappa shape index (κ3) is 2.51. The van der Waals surface area contributed by atoms with Gasteiger partial charge in [-0.2, -0.15) is 4.98 Å². The Labute approximate surface area is 94.9 Å². The second kappa shape index (κ2) is 4.66. The van der Waals surface area contributed by atoms with Gasteiger partial charge in [-0.1, -0.05) is 25.1 Å². The fourth-order valence-corrected chi connectivity index (χ4v) is 1.40. The van der Waals surface area contributed by atoms with Crippen LogP contribution in [0, 0.1) is 0 Å². The number of benzene rings is 1. The van der Waals surface area contributed by atoms with Gasteiger partial charge in [0.05, 0.1) is 0 Å². The molecule has 82 valence electrons. The number of hydrogen-bond donors (Lipinski definition) is 1. The van der Waals surface area contributed by atoms with Crippen molar-refractivity contribution in [1.82, 2.24) is 4.98 Å². The van der Waals surface area contributed by atoms with Gasteiger partial charge in [-0.15, -0.1) is 0 Å². The predicted octanol–water partition coefficient (Wildman–Crippen LogP) is 3.02. The lowest BCUT2D eigenvalue weighted by molar-refractivity contribution is 0.463. The Bertz CT molecular complexity index is 466. The summed E-state index contributed by atoms with van der Waals surface area (Å²) in [4.78, 5) is 4.07. The number of ether oxygens (including phenoxy) is 1. The van der Waals surface area contributed by atoms with Crippen LogP contribution in [0.5, 0.6) is 11.6 Å². The van der Waals surface area contributed by atoms with Crippen LogP contribution in [-0.4, -0.2) is 4.98 Å². The summed E-state index contributed by atoms with van der Waals surface area (Å²) in [6.45, 7) is 2.12. The summed E-state index contributed by atoms with van der Waals surface area (Å²) in [6.07, 6.45) is 1.02. The van der Waals surface area contributed by atoms with Gasteiger partial charge < -0.3 is 10.5 Å². The van der Waals surface area contributed by atoms with E-state index in [9.17, 15) is 0 Å². The number of nitrogens with two attached hydrogens (primary N) is 1. The molecule has 1 aromatic heterocycles. The molecule has 0 atom stereocenters. The fourth-order valence-electron chi connectivity index (χ4n) is 1.40.